The molecule has 0 aromatic rings. The highest BCUT2D eigenvalue weighted by molar-refractivity contribution is 5.09. The fourth-order valence-electron chi connectivity index (χ4n) is 7.91. The first-order chi connectivity index (χ1) is 11.4. The predicted octanol–water partition coefficient (Wildman–Crippen LogP) is 6.02. The average Bonchev–Trinajstić information content (AvgIpc) is 2.58. The summed E-state index contributed by atoms with van der Waals surface area (Å²) in [6.07, 6.45) is 11.2. The van der Waals surface area contributed by atoms with E-state index in [0.29, 0.717) is 17.4 Å². The number of rotatable bonds is 1. The van der Waals surface area contributed by atoms with Crippen molar-refractivity contribution in [3.05, 3.63) is 0 Å². The number of hydrogen-bond donors (Lipinski definition) is 0. The molecule has 138 valence electrons. The Hall–Kier alpha value is -0.110. The first-order valence-electron chi connectivity index (χ1n) is 10.6. The smallest absolute Gasteiger partial charge is 0.108 e. The minimum Gasteiger partial charge on any atom is -0.381 e. The first kappa shape index (κ1) is 17.3. The standard InChI is InChI=1S/C22H37FO/c1-14-5-8-18-17-7-6-15-13-16(24-4)9-11-21(15,2)19(17)10-12-22(18,3)20(14)23/h14-20H,5-13H2,1-4H3/t14-,15?,16+,17?,18?,19?,20+,21+,22+/m1/s1. The molecule has 0 spiro atoms. The summed E-state index contributed by atoms with van der Waals surface area (Å²) in [5.41, 5.74) is 0.458. The van der Waals surface area contributed by atoms with Crippen LogP contribution < -0.4 is 0 Å². The Morgan fingerprint density at radius 1 is 0.875 bits per heavy atom. The van der Waals surface area contributed by atoms with Crippen LogP contribution in [-0.4, -0.2) is 19.4 Å². The lowest BCUT2D eigenvalue weighted by atomic mass is 9.42. The number of ether oxygens (including phenoxy) is 1. The van der Waals surface area contributed by atoms with Crippen LogP contribution in [0.4, 0.5) is 4.39 Å². The minimum atomic E-state index is -0.577. The molecule has 4 fully saturated rings. The van der Waals surface area contributed by atoms with Crippen molar-refractivity contribution in [2.24, 2.45) is 40.4 Å². The van der Waals surface area contributed by atoms with Crippen molar-refractivity contribution >= 4 is 0 Å². The summed E-state index contributed by atoms with van der Waals surface area (Å²) < 4.78 is 20.9. The zero-order chi connectivity index (χ0) is 17.1. The molecule has 9 atom stereocenters. The van der Waals surface area contributed by atoms with E-state index in [2.05, 4.69) is 20.8 Å². The van der Waals surface area contributed by atoms with Gasteiger partial charge in [0.2, 0.25) is 0 Å². The number of halogens is 1. The molecule has 4 aliphatic rings. The zero-order valence-electron chi connectivity index (χ0n) is 16.2. The Morgan fingerprint density at radius 2 is 1.58 bits per heavy atom. The van der Waals surface area contributed by atoms with Gasteiger partial charge in [0, 0.05) is 12.5 Å². The second-order valence-electron chi connectivity index (χ2n) is 10.3. The van der Waals surface area contributed by atoms with Crippen LogP contribution in [0.1, 0.15) is 78.6 Å². The highest BCUT2D eigenvalue weighted by Crippen LogP contribution is 2.66. The third-order valence-corrected chi connectivity index (χ3v) is 9.45. The maximum Gasteiger partial charge on any atom is 0.108 e. The monoisotopic (exact) mass is 336 g/mol. The van der Waals surface area contributed by atoms with Crippen molar-refractivity contribution in [3.8, 4) is 0 Å². The normalized spacial score (nSPS) is 57.6. The molecule has 0 N–H and O–H groups in total. The second kappa shape index (κ2) is 5.96. The fourth-order valence-corrected chi connectivity index (χ4v) is 7.91. The summed E-state index contributed by atoms with van der Waals surface area (Å²) in [7, 11) is 1.88. The van der Waals surface area contributed by atoms with Crippen molar-refractivity contribution in [3.63, 3.8) is 0 Å². The Bertz CT molecular complexity index is 479. The number of methoxy groups -OCH3 is 1. The van der Waals surface area contributed by atoms with Gasteiger partial charge in [0.05, 0.1) is 6.10 Å². The lowest BCUT2D eigenvalue weighted by Crippen LogP contribution is -2.58. The summed E-state index contributed by atoms with van der Waals surface area (Å²) in [4.78, 5) is 0. The van der Waals surface area contributed by atoms with Crippen LogP contribution >= 0.6 is 0 Å². The van der Waals surface area contributed by atoms with Crippen molar-refractivity contribution in [2.75, 3.05) is 7.11 Å². The molecule has 4 aliphatic carbocycles. The molecule has 0 bridgehead atoms. The van der Waals surface area contributed by atoms with Crippen LogP contribution in [-0.2, 0) is 4.74 Å². The summed E-state index contributed by atoms with van der Waals surface area (Å²) in [5, 5.41) is 0. The van der Waals surface area contributed by atoms with Crippen molar-refractivity contribution in [2.45, 2.75) is 90.8 Å². The van der Waals surface area contributed by atoms with Crippen LogP contribution in [0.15, 0.2) is 0 Å². The van der Waals surface area contributed by atoms with E-state index in [9.17, 15) is 0 Å². The highest BCUT2D eigenvalue weighted by atomic mass is 19.1. The number of fused-ring (bicyclic) bond motifs is 5. The molecule has 2 heteroatoms. The molecule has 0 heterocycles. The molecule has 0 amide bonds. The summed E-state index contributed by atoms with van der Waals surface area (Å²) >= 11 is 0. The third kappa shape index (κ3) is 2.34. The maximum atomic E-state index is 15.2. The Morgan fingerprint density at radius 3 is 2.33 bits per heavy atom. The van der Waals surface area contributed by atoms with Crippen LogP contribution in [0.25, 0.3) is 0 Å². The third-order valence-electron chi connectivity index (χ3n) is 9.45. The van der Waals surface area contributed by atoms with E-state index in [0.717, 1.165) is 30.6 Å². The lowest BCUT2D eigenvalue weighted by molar-refractivity contribution is -0.163. The van der Waals surface area contributed by atoms with Crippen LogP contribution in [0.3, 0.4) is 0 Å². The van der Waals surface area contributed by atoms with Gasteiger partial charge < -0.3 is 4.74 Å². The van der Waals surface area contributed by atoms with Gasteiger partial charge in [-0.2, -0.15) is 0 Å². The van der Waals surface area contributed by atoms with E-state index in [1.54, 1.807) is 0 Å². The van der Waals surface area contributed by atoms with E-state index in [1.807, 2.05) is 7.11 Å². The largest absolute Gasteiger partial charge is 0.381 e. The molecule has 1 nitrogen and oxygen atoms in total. The molecule has 0 radical (unpaired) electrons. The summed E-state index contributed by atoms with van der Waals surface area (Å²) in [5.74, 6) is 3.38. The van der Waals surface area contributed by atoms with Gasteiger partial charge in [-0.05, 0) is 92.8 Å². The molecule has 0 saturated heterocycles. The summed E-state index contributed by atoms with van der Waals surface area (Å²) in [6, 6.07) is 0. The van der Waals surface area contributed by atoms with E-state index in [-0.39, 0.29) is 11.3 Å². The molecular weight excluding hydrogens is 299 g/mol. The van der Waals surface area contributed by atoms with Crippen molar-refractivity contribution in [1.82, 2.24) is 0 Å². The molecule has 0 aliphatic heterocycles. The van der Waals surface area contributed by atoms with E-state index < -0.39 is 6.17 Å². The second-order valence-corrected chi connectivity index (χ2v) is 10.3. The topological polar surface area (TPSA) is 9.23 Å². The van der Waals surface area contributed by atoms with E-state index >= 15 is 4.39 Å². The quantitative estimate of drug-likeness (QED) is 0.569. The predicted molar refractivity (Wildman–Crippen MR) is 96.6 cm³/mol. The summed E-state index contributed by atoms with van der Waals surface area (Å²) in [6.45, 7) is 7.02. The number of alkyl halides is 1. The first-order valence-corrected chi connectivity index (χ1v) is 10.6. The van der Waals surface area contributed by atoms with E-state index in [4.69, 9.17) is 4.74 Å². The van der Waals surface area contributed by atoms with Crippen LogP contribution in [0, 0.1) is 40.4 Å². The minimum absolute atomic E-state index is 0.0360. The van der Waals surface area contributed by atoms with Crippen molar-refractivity contribution in [1.29, 1.82) is 0 Å². The molecule has 4 saturated carbocycles. The van der Waals surface area contributed by atoms with Gasteiger partial charge in [-0.25, -0.2) is 4.39 Å². The molecule has 4 unspecified atom stereocenters. The van der Waals surface area contributed by atoms with Gasteiger partial charge in [-0.15, -0.1) is 0 Å². The SMILES string of the molecule is CO[C@H]1CC[C@@]2(C)C(CCC3C2CC[C@@]2(C)C3CC[C@@H](C)[C@@H]2F)C1. The molecule has 4 rings (SSSR count). The Balaban J connectivity index is 1.59. The van der Waals surface area contributed by atoms with Gasteiger partial charge >= 0.3 is 0 Å². The maximum absolute atomic E-state index is 15.2. The zero-order valence-corrected chi connectivity index (χ0v) is 16.2. The molecular formula is C22H37FO. The average molecular weight is 337 g/mol. The molecule has 24 heavy (non-hydrogen) atoms. The fraction of sp³-hybridized carbons (Fsp3) is 1.00. The van der Waals surface area contributed by atoms with Crippen LogP contribution in [0.5, 0.6) is 0 Å². The van der Waals surface area contributed by atoms with E-state index in [1.165, 1.54) is 44.9 Å². The van der Waals surface area contributed by atoms with Gasteiger partial charge in [-0.1, -0.05) is 20.8 Å². The molecule has 0 aromatic carbocycles. The Kier molecular flexibility index (Phi) is 4.30. The Labute approximate surface area is 148 Å². The van der Waals surface area contributed by atoms with Gasteiger partial charge in [0.15, 0.2) is 0 Å². The highest BCUT2D eigenvalue weighted by Gasteiger charge is 2.60. The van der Waals surface area contributed by atoms with Gasteiger partial charge in [0.1, 0.15) is 6.17 Å². The van der Waals surface area contributed by atoms with Gasteiger partial charge in [0.25, 0.3) is 0 Å². The number of hydrogen-bond acceptors (Lipinski definition) is 1. The van der Waals surface area contributed by atoms with Crippen LogP contribution in [0.2, 0.25) is 0 Å². The molecule has 0 aromatic heterocycles. The van der Waals surface area contributed by atoms with Gasteiger partial charge in [-0.3, -0.25) is 0 Å². The lowest BCUT2D eigenvalue weighted by Gasteiger charge is -2.63. The van der Waals surface area contributed by atoms with Crippen molar-refractivity contribution < 1.29 is 9.13 Å².